The summed E-state index contributed by atoms with van der Waals surface area (Å²) in [4.78, 5) is 4.96. The van der Waals surface area contributed by atoms with Crippen molar-refractivity contribution in [3.63, 3.8) is 0 Å². The molecular formula is C16H34N4. The lowest BCUT2D eigenvalue weighted by Gasteiger charge is -2.42. The van der Waals surface area contributed by atoms with Crippen LogP contribution >= 0.6 is 0 Å². The van der Waals surface area contributed by atoms with Gasteiger partial charge in [0.1, 0.15) is 0 Å². The predicted octanol–water partition coefficient (Wildman–Crippen LogP) is 1.53. The van der Waals surface area contributed by atoms with Crippen LogP contribution in [0.3, 0.4) is 0 Å². The number of hydrogen-bond acceptors (Lipinski definition) is 4. The van der Waals surface area contributed by atoms with Gasteiger partial charge in [0, 0.05) is 31.7 Å². The van der Waals surface area contributed by atoms with Crippen LogP contribution in [0.4, 0.5) is 0 Å². The molecule has 1 saturated carbocycles. The zero-order valence-electron chi connectivity index (χ0n) is 13.8. The minimum Gasteiger partial charge on any atom is -0.304 e. The van der Waals surface area contributed by atoms with Gasteiger partial charge in [0.25, 0.3) is 0 Å². The van der Waals surface area contributed by atoms with E-state index in [1.165, 1.54) is 45.3 Å². The first-order chi connectivity index (χ1) is 9.49. The molecule has 0 aromatic rings. The number of likely N-dealkylation sites (N-methyl/N-ethyl adjacent to an activating group) is 2. The topological polar surface area (TPSA) is 44.5 Å². The fourth-order valence-electron chi connectivity index (χ4n) is 4.38. The van der Waals surface area contributed by atoms with Gasteiger partial charge in [-0.05, 0) is 57.5 Å². The van der Waals surface area contributed by atoms with Crippen molar-refractivity contribution in [2.24, 2.45) is 23.6 Å². The fourth-order valence-corrected chi connectivity index (χ4v) is 4.38. The third-order valence-electron chi connectivity index (χ3n) is 5.50. The molecule has 1 aliphatic carbocycles. The molecule has 2 fully saturated rings. The van der Waals surface area contributed by atoms with Gasteiger partial charge in [0.05, 0.1) is 0 Å². The summed E-state index contributed by atoms with van der Waals surface area (Å²) in [5, 5.41) is 0. The summed E-state index contributed by atoms with van der Waals surface area (Å²) < 4.78 is 0. The molecule has 4 nitrogen and oxygen atoms in total. The van der Waals surface area contributed by atoms with Crippen molar-refractivity contribution in [1.29, 1.82) is 0 Å². The zero-order chi connectivity index (χ0) is 14.7. The molecule has 3 N–H and O–H groups in total. The summed E-state index contributed by atoms with van der Waals surface area (Å²) in [6.07, 6.45) is 5.25. The van der Waals surface area contributed by atoms with E-state index in [9.17, 15) is 0 Å². The minimum atomic E-state index is 0.471. The number of nitrogens with zero attached hydrogens (tertiary/aromatic N) is 2. The Hall–Kier alpha value is -0.160. The van der Waals surface area contributed by atoms with E-state index in [0.717, 1.165) is 17.8 Å². The number of hydrogen-bond donors (Lipinski definition) is 2. The Labute approximate surface area is 125 Å². The van der Waals surface area contributed by atoms with Gasteiger partial charge >= 0.3 is 0 Å². The second kappa shape index (κ2) is 7.21. The molecule has 2 aliphatic rings. The number of nitrogens with two attached hydrogens (primary N) is 1. The second-order valence-electron chi connectivity index (χ2n) is 7.58. The fraction of sp³-hybridized carbons (Fsp3) is 1.00. The number of hydrazine groups is 1. The molecule has 1 aliphatic heterocycles. The highest BCUT2D eigenvalue weighted by atomic mass is 15.3. The summed E-state index contributed by atoms with van der Waals surface area (Å²) in [5.41, 5.74) is 3.15. The highest BCUT2D eigenvalue weighted by molar-refractivity contribution is 4.88. The molecular weight excluding hydrogens is 248 g/mol. The molecule has 0 aromatic heterocycles. The third kappa shape index (κ3) is 4.17. The maximum Gasteiger partial charge on any atom is 0.0254 e. The van der Waals surface area contributed by atoms with Crippen LogP contribution in [0.1, 0.15) is 39.5 Å². The smallest absolute Gasteiger partial charge is 0.0254 e. The molecule has 0 bridgehead atoms. The Morgan fingerprint density at radius 1 is 1.10 bits per heavy atom. The first-order valence-electron chi connectivity index (χ1n) is 8.34. The molecule has 1 saturated heterocycles. The van der Waals surface area contributed by atoms with Crippen LogP contribution in [0.2, 0.25) is 0 Å². The SMILES string of the molecule is CC1CC(C)CC(C(CC2CN(C)CCN2C)NN)C1. The molecule has 0 aromatic carbocycles. The van der Waals surface area contributed by atoms with Gasteiger partial charge in [-0.25, -0.2) is 0 Å². The summed E-state index contributed by atoms with van der Waals surface area (Å²) in [5.74, 6) is 8.37. The zero-order valence-corrected chi connectivity index (χ0v) is 13.8. The highest BCUT2D eigenvalue weighted by Crippen LogP contribution is 2.35. The molecule has 4 atom stereocenters. The van der Waals surface area contributed by atoms with Crippen molar-refractivity contribution < 1.29 is 0 Å². The van der Waals surface area contributed by atoms with E-state index in [0.29, 0.717) is 12.1 Å². The van der Waals surface area contributed by atoms with E-state index in [1.807, 2.05) is 0 Å². The van der Waals surface area contributed by atoms with Crippen LogP contribution in [0, 0.1) is 17.8 Å². The van der Waals surface area contributed by atoms with Crippen molar-refractivity contribution in [2.75, 3.05) is 33.7 Å². The number of nitrogens with one attached hydrogen (secondary N) is 1. The van der Waals surface area contributed by atoms with Gasteiger partial charge in [0.2, 0.25) is 0 Å². The van der Waals surface area contributed by atoms with E-state index >= 15 is 0 Å². The van der Waals surface area contributed by atoms with Crippen LogP contribution in [-0.4, -0.2) is 55.6 Å². The van der Waals surface area contributed by atoms with E-state index < -0.39 is 0 Å². The van der Waals surface area contributed by atoms with E-state index in [4.69, 9.17) is 5.84 Å². The number of rotatable bonds is 4. The standard InChI is InChI=1S/C16H34N4/c1-12-7-13(2)9-14(8-12)16(18-17)10-15-11-19(3)5-6-20(15)4/h12-16,18H,5-11,17H2,1-4H3. The Balaban J connectivity index is 1.93. The van der Waals surface area contributed by atoms with Crippen molar-refractivity contribution >= 4 is 0 Å². The molecule has 1 heterocycles. The highest BCUT2D eigenvalue weighted by Gasteiger charge is 2.33. The van der Waals surface area contributed by atoms with Crippen LogP contribution < -0.4 is 11.3 Å². The molecule has 0 amide bonds. The lowest BCUT2D eigenvalue weighted by atomic mass is 9.72. The van der Waals surface area contributed by atoms with Gasteiger partial charge in [-0.15, -0.1) is 0 Å². The van der Waals surface area contributed by atoms with E-state index in [1.54, 1.807) is 0 Å². The Morgan fingerprint density at radius 2 is 1.75 bits per heavy atom. The largest absolute Gasteiger partial charge is 0.304 e. The van der Waals surface area contributed by atoms with Crippen molar-refractivity contribution in [1.82, 2.24) is 15.2 Å². The van der Waals surface area contributed by atoms with E-state index in [2.05, 4.69) is 43.2 Å². The van der Waals surface area contributed by atoms with Crippen LogP contribution in [0.5, 0.6) is 0 Å². The quantitative estimate of drug-likeness (QED) is 0.606. The maximum atomic E-state index is 5.91. The third-order valence-corrected chi connectivity index (χ3v) is 5.50. The first-order valence-corrected chi connectivity index (χ1v) is 8.34. The van der Waals surface area contributed by atoms with Crippen LogP contribution in [0.15, 0.2) is 0 Å². The molecule has 4 heteroatoms. The average Bonchev–Trinajstić information content (AvgIpc) is 2.38. The summed E-state index contributed by atoms with van der Waals surface area (Å²) >= 11 is 0. The van der Waals surface area contributed by atoms with Gasteiger partial charge in [-0.2, -0.15) is 0 Å². The van der Waals surface area contributed by atoms with Crippen molar-refractivity contribution in [3.8, 4) is 0 Å². The van der Waals surface area contributed by atoms with Crippen LogP contribution in [0.25, 0.3) is 0 Å². The Kier molecular flexibility index (Phi) is 5.84. The molecule has 118 valence electrons. The molecule has 0 radical (unpaired) electrons. The summed E-state index contributed by atoms with van der Waals surface area (Å²) in [7, 11) is 4.49. The van der Waals surface area contributed by atoms with Crippen molar-refractivity contribution in [3.05, 3.63) is 0 Å². The normalized spacial score (nSPS) is 38.9. The minimum absolute atomic E-state index is 0.471. The monoisotopic (exact) mass is 282 g/mol. The second-order valence-corrected chi connectivity index (χ2v) is 7.58. The lowest BCUT2D eigenvalue weighted by molar-refractivity contribution is 0.0831. The molecule has 2 rings (SSSR count). The Morgan fingerprint density at radius 3 is 2.35 bits per heavy atom. The molecule has 4 unspecified atom stereocenters. The lowest BCUT2D eigenvalue weighted by Crippen LogP contribution is -2.54. The van der Waals surface area contributed by atoms with Crippen LogP contribution in [-0.2, 0) is 0 Å². The molecule has 20 heavy (non-hydrogen) atoms. The first kappa shape index (κ1) is 16.2. The van der Waals surface area contributed by atoms with Gasteiger partial charge in [-0.3, -0.25) is 11.3 Å². The number of piperazine rings is 1. The Bertz CT molecular complexity index is 286. The summed E-state index contributed by atoms with van der Waals surface area (Å²) in [6.45, 7) is 8.33. The molecule has 0 spiro atoms. The predicted molar refractivity (Wildman–Crippen MR) is 85.3 cm³/mol. The van der Waals surface area contributed by atoms with E-state index in [-0.39, 0.29) is 0 Å². The summed E-state index contributed by atoms with van der Waals surface area (Å²) in [6, 6.07) is 1.11. The van der Waals surface area contributed by atoms with Gasteiger partial charge in [0.15, 0.2) is 0 Å². The average molecular weight is 282 g/mol. The van der Waals surface area contributed by atoms with Gasteiger partial charge in [-0.1, -0.05) is 13.8 Å². The van der Waals surface area contributed by atoms with Crippen molar-refractivity contribution in [2.45, 2.75) is 51.6 Å². The maximum absolute atomic E-state index is 5.91. The van der Waals surface area contributed by atoms with Gasteiger partial charge < -0.3 is 9.80 Å².